The molecule has 6 rings (SSSR count). The van der Waals surface area contributed by atoms with Crippen LogP contribution in [0.3, 0.4) is 0 Å². The molecule has 0 unspecified atom stereocenters. The van der Waals surface area contributed by atoms with Crippen molar-refractivity contribution < 1.29 is 24.1 Å². The number of nitrogens with zero attached hydrogens (tertiary/aromatic N) is 3. The van der Waals surface area contributed by atoms with Crippen LogP contribution >= 0.6 is 12.4 Å². The van der Waals surface area contributed by atoms with E-state index in [9.17, 15) is 9.90 Å². The molecule has 1 amide bonds. The summed E-state index contributed by atoms with van der Waals surface area (Å²) in [5.74, 6) is 1.49. The number of aliphatic hydroxyl groups is 1. The Hall–Kier alpha value is -3.11. The predicted octanol–water partition coefficient (Wildman–Crippen LogP) is 5.06. The van der Waals surface area contributed by atoms with E-state index in [1.807, 2.05) is 51.9 Å². The van der Waals surface area contributed by atoms with E-state index in [0.717, 1.165) is 60.5 Å². The van der Waals surface area contributed by atoms with Crippen LogP contribution in [-0.4, -0.2) is 82.7 Å². The van der Waals surface area contributed by atoms with E-state index in [-0.39, 0.29) is 42.6 Å². The Bertz CT molecular complexity index is 1430. The average molecular weight is 625 g/mol. The number of rotatable bonds is 9. The number of halogens is 1. The van der Waals surface area contributed by atoms with Crippen molar-refractivity contribution in [2.45, 2.75) is 75.7 Å². The number of aromatic nitrogens is 2. The lowest BCUT2D eigenvalue weighted by Crippen LogP contribution is -2.54. The number of carbonyl (C=O) groups excluding carboxylic acids is 1. The molecule has 3 aromatic rings. The molecule has 2 N–H and O–H groups in total. The molecule has 0 radical (unpaired) electrons. The summed E-state index contributed by atoms with van der Waals surface area (Å²) in [6, 6.07) is 15.7. The molecule has 3 aliphatic rings. The number of methoxy groups -OCH3 is 1. The number of para-hydroxylation sites is 1. The second kappa shape index (κ2) is 13.5. The normalized spacial score (nSPS) is 24.2. The van der Waals surface area contributed by atoms with Crippen LogP contribution in [0.5, 0.6) is 11.5 Å². The summed E-state index contributed by atoms with van der Waals surface area (Å²) in [5.41, 5.74) is 1.97. The molecule has 9 nitrogen and oxygen atoms in total. The highest BCUT2D eigenvalue weighted by Gasteiger charge is 2.42. The molecular weight excluding hydrogens is 580 g/mol. The van der Waals surface area contributed by atoms with Crippen LogP contribution in [0.15, 0.2) is 54.9 Å². The molecule has 1 saturated heterocycles. The van der Waals surface area contributed by atoms with Gasteiger partial charge in [-0.3, -0.25) is 4.79 Å². The largest absolute Gasteiger partial charge is 0.490 e. The number of amides is 1. The first kappa shape index (κ1) is 32.3. The zero-order valence-electron chi connectivity index (χ0n) is 26.0. The third-order valence-electron chi connectivity index (χ3n) is 9.11. The van der Waals surface area contributed by atoms with Gasteiger partial charge in [0.25, 0.3) is 5.91 Å². The first-order valence-corrected chi connectivity index (χ1v) is 15.6. The molecule has 0 bridgehead atoms. The van der Waals surface area contributed by atoms with Gasteiger partial charge in [0.05, 0.1) is 31.3 Å². The fourth-order valence-electron chi connectivity index (χ4n) is 7.08. The number of benzene rings is 2. The number of carbonyl (C=O) groups is 1. The number of hydrogen-bond donors (Lipinski definition) is 2. The van der Waals surface area contributed by atoms with Crippen molar-refractivity contribution in [1.29, 1.82) is 0 Å². The summed E-state index contributed by atoms with van der Waals surface area (Å²) in [7, 11) is 1.62. The Morgan fingerprint density at radius 1 is 1.16 bits per heavy atom. The number of fused-ring (bicyclic) bond motifs is 1. The molecule has 2 fully saturated rings. The lowest BCUT2D eigenvalue weighted by atomic mass is 9.80. The third kappa shape index (κ3) is 6.47. The summed E-state index contributed by atoms with van der Waals surface area (Å²) < 4.78 is 19.9. The van der Waals surface area contributed by atoms with E-state index in [2.05, 4.69) is 25.2 Å². The quantitative estimate of drug-likeness (QED) is 0.343. The van der Waals surface area contributed by atoms with Gasteiger partial charge in [-0.2, -0.15) is 0 Å². The Morgan fingerprint density at radius 2 is 1.98 bits per heavy atom. The molecule has 44 heavy (non-hydrogen) atoms. The first-order chi connectivity index (χ1) is 20.8. The highest BCUT2D eigenvalue weighted by Crippen LogP contribution is 2.43. The lowest BCUT2D eigenvalue weighted by molar-refractivity contribution is -0.0893. The molecule has 1 saturated carbocycles. The highest BCUT2D eigenvalue weighted by atomic mass is 35.5. The zero-order chi connectivity index (χ0) is 30.0. The van der Waals surface area contributed by atoms with E-state index in [1.54, 1.807) is 13.4 Å². The number of imidazole rings is 1. The predicted molar refractivity (Wildman–Crippen MR) is 172 cm³/mol. The molecular formula is C34H45ClN4O5. The van der Waals surface area contributed by atoms with Crippen LogP contribution in [0.4, 0.5) is 0 Å². The molecule has 0 spiro atoms. The van der Waals surface area contributed by atoms with Gasteiger partial charge in [-0.05, 0) is 32.8 Å². The minimum atomic E-state index is -1.02. The lowest BCUT2D eigenvalue weighted by Gasteiger charge is -2.41. The molecule has 238 valence electrons. The summed E-state index contributed by atoms with van der Waals surface area (Å²) >= 11 is 0. The number of nitrogens with one attached hydrogen (secondary N) is 1. The van der Waals surface area contributed by atoms with Gasteiger partial charge in [0, 0.05) is 56.8 Å². The summed E-state index contributed by atoms with van der Waals surface area (Å²) in [5, 5.41) is 15.1. The van der Waals surface area contributed by atoms with Crippen molar-refractivity contribution in [3.05, 3.63) is 66.1 Å². The van der Waals surface area contributed by atoms with Crippen LogP contribution in [-0.2, 0) is 11.2 Å². The van der Waals surface area contributed by atoms with Gasteiger partial charge in [0.1, 0.15) is 11.2 Å². The monoisotopic (exact) mass is 624 g/mol. The van der Waals surface area contributed by atoms with Crippen molar-refractivity contribution in [1.82, 2.24) is 19.8 Å². The maximum atomic E-state index is 14.3. The van der Waals surface area contributed by atoms with E-state index in [1.165, 1.54) is 0 Å². The second-order valence-electron chi connectivity index (χ2n) is 12.8. The van der Waals surface area contributed by atoms with E-state index < -0.39 is 5.60 Å². The van der Waals surface area contributed by atoms with E-state index in [4.69, 9.17) is 19.2 Å². The van der Waals surface area contributed by atoms with E-state index >= 15 is 0 Å². The van der Waals surface area contributed by atoms with Crippen molar-refractivity contribution in [3.8, 4) is 22.8 Å². The van der Waals surface area contributed by atoms with Crippen LogP contribution < -0.4 is 14.8 Å². The standard InChI is InChI=1S/C34H44N4O5.ClH/c1-33(2)20-25-12-9-13-27(31(25)43-33)42-19-15-26-21-35-17-18-37(26)32(39)29-30(24-10-5-4-6-11-24)38(23-36-29)28-14-7-8-16-34(28,40)22-41-3;/h4-6,9-13,23,26,28,35,40H,7-8,14-22H2,1-3H3;1H/t26-,28-,34-;/m1./s1. The molecule has 3 heterocycles. The highest BCUT2D eigenvalue weighted by molar-refractivity contribution is 5.98. The van der Waals surface area contributed by atoms with E-state index in [0.29, 0.717) is 38.2 Å². The number of hydrogen-bond acceptors (Lipinski definition) is 7. The van der Waals surface area contributed by atoms with Gasteiger partial charge in [0.15, 0.2) is 17.2 Å². The first-order valence-electron chi connectivity index (χ1n) is 15.6. The van der Waals surface area contributed by atoms with Crippen LogP contribution in [0, 0.1) is 0 Å². The summed E-state index contributed by atoms with van der Waals surface area (Å²) in [6.45, 7) is 6.86. The smallest absolute Gasteiger partial charge is 0.275 e. The van der Waals surface area contributed by atoms with Gasteiger partial charge >= 0.3 is 0 Å². The second-order valence-corrected chi connectivity index (χ2v) is 12.8. The Balaban J connectivity index is 0.00000384. The molecule has 2 aromatic carbocycles. The van der Waals surface area contributed by atoms with Crippen LogP contribution in [0.2, 0.25) is 0 Å². The maximum Gasteiger partial charge on any atom is 0.275 e. The zero-order valence-corrected chi connectivity index (χ0v) is 26.8. The van der Waals surface area contributed by atoms with Crippen molar-refractivity contribution in [3.63, 3.8) is 0 Å². The summed E-state index contributed by atoms with van der Waals surface area (Å²) in [6.07, 6.45) is 6.65. The minimum absolute atomic E-state index is 0. The van der Waals surface area contributed by atoms with Gasteiger partial charge in [-0.15, -0.1) is 12.4 Å². The average Bonchev–Trinajstić information content (AvgIpc) is 3.58. The molecule has 1 aromatic heterocycles. The summed E-state index contributed by atoms with van der Waals surface area (Å²) in [4.78, 5) is 21.0. The molecule has 10 heteroatoms. The number of ether oxygens (including phenoxy) is 3. The third-order valence-corrected chi connectivity index (χ3v) is 9.11. The van der Waals surface area contributed by atoms with Crippen molar-refractivity contribution in [2.75, 3.05) is 40.0 Å². The fourth-order valence-corrected chi connectivity index (χ4v) is 7.08. The number of piperazine rings is 1. The maximum absolute atomic E-state index is 14.3. The van der Waals surface area contributed by atoms with Crippen LogP contribution in [0.25, 0.3) is 11.3 Å². The SMILES string of the molecule is COC[C@]1(O)CCCC[C@H]1n1cnc(C(=O)N2CCNC[C@H]2CCOc2cccc3c2OC(C)(C)C3)c1-c1ccccc1.Cl. The van der Waals surface area contributed by atoms with Gasteiger partial charge < -0.3 is 34.1 Å². The topological polar surface area (TPSA) is 98.1 Å². The van der Waals surface area contributed by atoms with Crippen molar-refractivity contribution in [2.24, 2.45) is 0 Å². The Kier molecular flexibility index (Phi) is 9.89. The van der Waals surface area contributed by atoms with Crippen molar-refractivity contribution >= 4 is 18.3 Å². The Morgan fingerprint density at radius 3 is 2.77 bits per heavy atom. The van der Waals surface area contributed by atoms with Gasteiger partial charge in [-0.1, -0.05) is 55.3 Å². The molecule has 1 aliphatic carbocycles. The van der Waals surface area contributed by atoms with Gasteiger partial charge in [0.2, 0.25) is 0 Å². The van der Waals surface area contributed by atoms with Crippen LogP contribution in [0.1, 0.15) is 68.0 Å². The molecule has 2 aliphatic heterocycles. The Labute approximate surface area is 266 Å². The fraction of sp³-hybridized carbons (Fsp3) is 0.529. The van der Waals surface area contributed by atoms with Gasteiger partial charge in [-0.25, -0.2) is 4.98 Å². The minimum Gasteiger partial charge on any atom is -0.490 e. The molecule has 3 atom stereocenters.